The molecule has 41 heavy (non-hydrogen) atoms. The molecule has 1 saturated heterocycles. The van der Waals surface area contributed by atoms with E-state index in [-0.39, 0.29) is 5.82 Å². The number of aromatic nitrogens is 1. The SMILES string of the molecule is CCNO.Fc1ccc(-c2ccc(CCCC3CCN(C(CNc4ccncc4)C4CCCCC4)C3=S)cc2)cc1. The Hall–Kier alpha value is -2.87. The van der Waals surface area contributed by atoms with Crippen molar-refractivity contribution in [2.75, 3.05) is 25.0 Å². The Kier molecular flexibility index (Phi) is 12.5. The summed E-state index contributed by atoms with van der Waals surface area (Å²) >= 11 is 6.11. The van der Waals surface area contributed by atoms with Crippen molar-refractivity contribution < 1.29 is 9.60 Å². The minimum Gasteiger partial charge on any atom is -0.383 e. The second-order valence-electron chi connectivity index (χ2n) is 11.2. The molecule has 5 nitrogen and oxygen atoms in total. The highest BCUT2D eigenvalue weighted by atomic mass is 32.1. The molecule has 1 aliphatic heterocycles. The molecule has 220 valence electrons. The number of likely N-dealkylation sites (tertiary alicyclic amines) is 1. The lowest BCUT2D eigenvalue weighted by molar-refractivity contribution is 0.173. The molecule has 1 aromatic heterocycles. The number of hydroxylamine groups is 1. The van der Waals surface area contributed by atoms with E-state index in [4.69, 9.17) is 17.4 Å². The van der Waals surface area contributed by atoms with E-state index in [0.717, 1.165) is 55.1 Å². The third-order valence-electron chi connectivity index (χ3n) is 8.45. The molecule has 1 saturated carbocycles. The summed E-state index contributed by atoms with van der Waals surface area (Å²) in [6.07, 6.45) is 15.0. The minimum atomic E-state index is -0.196. The van der Waals surface area contributed by atoms with E-state index in [0.29, 0.717) is 18.5 Å². The van der Waals surface area contributed by atoms with Crippen molar-refractivity contribution in [3.63, 3.8) is 0 Å². The van der Waals surface area contributed by atoms with Gasteiger partial charge in [0.25, 0.3) is 0 Å². The largest absolute Gasteiger partial charge is 0.383 e. The van der Waals surface area contributed by atoms with Crippen LogP contribution in [0.4, 0.5) is 10.1 Å². The molecule has 3 N–H and O–H groups in total. The Labute approximate surface area is 250 Å². The van der Waals surface area contributed by atoms with Gasteiger partial charge in [-0.15, -0.1) is 0 Å². The van der Waals surface area contributed by atoms with Crippen molar-refractivity contribution in [2.45, 2.75) is 70.8 Å². The van der Waals surface area contributed by atoms with E-state index in [2.05, 4.69) is 51.6 Å². The number of aryl methyl sites for hydroxylation is 1. The molecule has 0 amide bonds. The Morgan fingerprint density at radius 1 is 0.951 bits per heavy atom. The van der Waals surface area contributed by atoms with Crippen LogP contribution in [0, 0.1) is 17.7 Å². The highest BCUT2D eigenvalue weighted by molar-refractivity contribution is 7.80. The van der Waals surface area contributed by atoms with Crippen LogP contribution >= 0.6 is 12.2 Å². The summed E-state index contributed by atoms with van der Waals surface area (Å²) in [6, 6.07) is 20.0. The van der Waals surface area contributed by atoms with Crippen LogP contribution in [-0.2, 0) is 6.42 Å². The maximum atomic E-state index is 13.2. The van der Waals surface area contributed by atoms with Gasteiger partial charge in [-0.2, -0.15) is 0 Å². The molecule has 0 bridgehead atoms. The molecule has 7 heteroatoms. The standard InChI is InChI=1S/C32H38FN3S.C2H7NO/c33-29-15-13-26(14-16-29)25-11-9-24(10-12-25)5-4-8-28-19-22-36(32(28)37)31(27-6-2-1-3-7-27)23-35-30-17-20-34-21-18-30;1-2-3-4/h9-18,20-21,27-28,31H,1-8,19,22-23H2,(H,34,35);3-4H,2H2,1H3. The molecule has 2 unspecified atom stereocenters. The van der Waals surface area contributed by atoms with Gasteiger partial charge in [0, 0.05) is 49.7 Å². The van der Waals surface area contributed by atoms with Gasteiger partial charge in [0.05, 0.1) is 4.99 Å². The van der Waals surface area contributed by atoms with Crippen molar-refractivity contribution in [1.29, 1.82) is 0 Å². The molecule has 2 aromatic carbocycles. The first-order valence-corrected chi connectivity index (χ1v) is 15.7. The third-order valence-corrected chi connectivity index (χ3v) is 9.02. The molecule has 0 spiro atoms. The minimum absolute atomic E-state index is 0.196. The molecule has 2 heterocycles. The number of hydrogen-bond donors (Lipinski definition) is 3. The van der Waals surface area contributed by atoms with Gasteiger partial charge in [0.2, 0.25) is 0 Å². The number of halogens is 1. The fourth-order valence-corrected chi connectivity index (χ4v) is 6.62. The second kappa shape index (κ2) is 16.5. The summed E-state index contributed by atoms with van der Waals surface area (Å²) in [7, 11) is 0. The first-order chi connectivity index (χ1) is 20.1. The Bertz CT molecular complexity index is 1170. The zero-order chi connectivity index (χ0) is 28.9. The second-order valence-corrected chi connectivity index (χ2v) is 11.6. The van der Waals surface area contributed by atoms with Crippen LogP contribution in [-0.4, -0.2) is 45.8 Å². The van der Waals surface area contributed by atoms with Gasteiger partial charge in [-0.25, -0.2) is 9.87 Å². The molecule has 1 aliphatic carbocycles. The van der Waals surface area contributed by atoms with Crippen LogP contribution in [0.25, 0.3) is 11.1 Å². The Morgan fingerprint density at radius 3 is 2.22 bits per heavy atom. The van der Waals surface area contributed by atoms with Crippen molar-refractivity contribution in [1.82, 2.24) is 15.4 Å². The smallest absolute Gasteiger partial charge is 0.123 e. The number of nitrogens with zero attached hydrogens (tertiary/aromatic N) is 2. The molecular formula is C34H45FN4OS. The Morgan fingerprint density at radius 2 is 1.59 bits per heavy atom. The lowest BCUT2D eigenvalue weighted by Gasteiger charge is -2.38. The number of nitrogens with one attached hydrogen (secondary N) is 2. The monoisotopic (exact) mass is 576 g/mol. The average molecular weight is 577 g/mol. The summed E-state index contributed by atoms with van der Waals surface area (Å²) in [6.45, 7) is 4.48. The highest BCUT2D eigenvalue weighted by Gasteiger charge is 2.36. The first kappa shape index (κ1) is 31.1. The topological polar surface area (TPSA) is 60.4 Å². The highest BCUT2D eigenvalue weighted by Crippen LogP contribution is 2.34. The van der Waals surface area contributed by atoms with E-state index in [1.54, 1.807) is 0 Å². The molecule has 3 aromatic rings. The van der Waals surface area contributed by atoms with Crippen molar-refractivity contribution in [3.8, 4) is 11.1 Å². The maximum absolute atomic E-state index is 13.2. The van der Waals surface area contributed by atoms with Crippen LogP contribution in [0.5, 0.6) is 0 Å². The quantitative estimate of drug-likeness (QED) is 0.159. The summed E-state index contributed by atoms with van der Waals surface area (Å²) < 4.78 is 13.2. The van der Waals surface area contributed by atoms with Crippen molar-refractivity contribution >= 4 is 22.9 Å². The zero-order valence-electron chi connectivity index (χ0n) is 24.3. The summed E-state index contributed by atoms with van der Waals surface area (Å²) in [5.41, 5.74) is 6.61. The predicted octanol–water partition coefficient (Wildman–Crippen LogP) is 7.91. The number of thiocarbonyl (C=S) groups is 1. The molecule has 2 fully saturated rings. The van der Waals surface area contributed by atoms with Gasteiger partial charge in [-0.1, -0.05) is 74.8 Å². The number of hydrogen-bond acceptors (Lipinski definition) is 5. The van der Waals surface area contributed by atoms with Crippen LogP contribution in [0.15, 0.2) is 73.1 Å². The van der Waals surface area contributed by atoms with E-state index >= 15 is 0 Å². The Balaban J connectivity index is 0.000000909. The third kappa shape index (κ3) is 9.32. The molecule has 2 atom stereocenters. The van der Waals surface area contributed by atoms with Crippen LogP contribution in [0.3, 0.4) is 0 Å². The molecular weight excluding hydrogens is 531 g/mol. The summed E-state index contributed by atoms with van der Waals surface area (Å²) in [4.78, 5) is 7.93. The van der Waals surface area contributed by atoms with E-state index < -0.39 is 0 Å². The predicted molar refractivity (Wildman–Crippen MR) is 171 cm³/mol. The lowest BCUT2D eigenvalue weighted by atomic mass is 9.83. The lowest BCUT2D eigenvalue weighted by Crippen LogP contribution is -2.46. The van der Waals surface area contributed by atoms with Gasteiger partial charge in [0.1, 0.15) is 5.82 Å². The molecule has 5 rings (SSSR count). The van der Waals surface area contributed by atoms with Gasteiger partial charge >= 0.3 is 0 Å². The summed E-state index contributed by atoms with van der Waals surface area (Å²) in [5, 5.41) is 11.3. The van der Waals surface area contributed by atoms with Crippen LogP contribution < -0.4 is 10.8 Å². The van der Waals surface area contributed by atoms with Crippen molar-refractivity contribution in [3.05, 3.63) is 84.4 Å². The van der Waals surface area contributed by atoms with Gasteiger partial charge < -0.3 is 15.4 Å². The van der Waals surface area contributed by atoms with Gasteiger partial charge in [-0.05, 0) is 85.4 Å². The van der Waals surface area contributed by atoms with E-state index in [9.17, 15) is 4.39 Å². The molecule has 0 radical (unpaired) electrons. The number of pyridine rings is 1. The first-order valence-electron chi connectivity index (χ1n) is 15.2. The zero-order valence-corrected chi connectivity index (χ0v) is 25.1. The molecule has 2 aliphatic rings. The number of benzene rings is 2. The van der Waals surface area contributed by atoms with Crippen LogP contribution in [0.2, 0.25) is 0 Å². The summed E-state index contributed by atoms with van der Waals surface area (Å²) in [5.74, 6) is 1.04. The normalized spacial score (nSPS) is 18.1. The van der Waals surface area contributed by atoms with E-state index in [1.165, 1.54) is 61.2 Å². The van der Waals surface area contributed by atoms with Crippen molar-refractivity contribution in [2.24, 2.45) is 11.8 Å². The maximum Gasteiger partial charge on any atom is 0.123 e. The van der Waals surface area contributed by atoms with Gasteiger partial charge in [0.15, 0.2) is 0 Å². The number of anilines is 1. The average Bonchev–Trinajstić information content (AvgIpc) is 3.38. The van der Waals surface area contributed by atoms with E-state index in [1.807, 2.05) is 36.9 Å². The fraction of sp³-hybridized carbons (Fsp3) is 0.471. The van der Waals surface area contributed by atoms with Crippen LogP contribution in [0.1, 0.15) is 63.9 Å². The fourth-order valence-electron chi connectivity index (χ4n) is 6.16. The number of rotatable bonds is 11. The van der Waals surface area contributed by atoms with Gasteiger partial charge in [-0.3, -0.25) is 4.98 Å².